The van der Waals surface area contributed by atoms with Crippen LogP contribution in [0.1, 0.15) is 77.6 Å². The van der Waals surface area contributed by atoms with Crippen molar-refractivity contribution in [1.82, 2.24) is 15.5 Å². The summed E-state index contributed by atoms with van der Waals surface area (Å²) in [7, 11) is 1.60. The fraction of sp³-hybridized carbons (Fsp3) is 0.905. The summed E-state index contributed by atoms with van der Waals surface area (Å²) >= 11 is 0. The minimum atomic E-state index is -0.196. The first-order chi connectivity index (χ1) is 13.6. The largest absolute Gasteiger partial charge is 0.377 e. The number of rotatable bonds is 15. The first-order valence-corrected chi connectivity index (χ1v) is 11.2. The Balaban J connectivity index is 2.01. The van der Waals surface area contributed by atoms with E-state index in [1.54, 1.807) is 12.0 Å². The van der Waals surface area contributed by atoms with E-state index in [9.17, 15) is 9.59 Å². The molecule has 164 valence electrons. The van der Waals surface area contributed by atoms with Crippen LogP contribution in [0.2, 0.25) is 0 Å². The van der Waals surface area contributed by atoms with Gasteiger partial charge in [0.2, 0.25) is 5.91 Å². The number of urea groups is 1. The van der Waals surface area contributed by atoms with Gasteiger partial charge in [-0.2, -0.15) is 0 Å². The number of likely N-dealkylation sites (tertiary alicyclic amines) is 1. The van der Waals surface area contributed by atoms with Gasteiger partial charge in [-0.25, -0.2) is 4.79 Å². The van der Waals surface area contributed by atoms with Crippen LogP contribution in [0.25, 0.3) is 0 Å². The van der Waals surface area contributed by atoms with Crippen LogP contribution in [0.4, 0.5) is 4.79 Å². The van der Waals surface area contributed by atoms with Crippen molar-refractivity contribution in [3.63, 3.8) is 0 Å². The van der Waals surface area contributed by atoms with Gasteiger partial charge >= 0.3 is 6.03 Å². The first kappa shape index (κ1) is 24.7. The highest BCUT2D eigenvalue weighted by atomic mass is 16.5. The minimum Gasteiger partial charge on any atom is -0.377 e. The molecule has 2 atom stereocenters. The molecule has 1 rings (SSSR count). The number of hydrogen-bond acceptors (Lipinski definition) is 4. The van der Waals surface area contributed by atoms with E-state index < -0.39 is 0 Å². The van der Waals surface area contributed by atoms with E-state index in [0.717, 1.165) is 12.8 Å². The lowest BCUT2D eigenvalue weighted by Crippen LogP contribution is -2.48. The molecule has 28 heavy (non-hydrogen) atoms. The van der Waals surface area contributed by atoms with Crippen molar-refractivity contribution in [3.05, 3.63) is 0 Å². The molecule has 0 spiro atoms. The molecule has 3 amide bonds. The number of nitrogens with one attached hydrogen (secondary N) is 2. The molecule has 0 saturated carbocycles. The monoisotopic (exact) mass is 398 g/mol. The van der Waals surface area contributed by atoms with Crippen LogP contribution in [-0.4, -0.2) is 62.3 Å². The van der Waals surface area contributed by atoms with Crippen LogP contribution in [-0.2, 0) is 9.53 Å². The Morgan fingerprint density at radius 2 is 1.54 bits per heavy atom. The van der Waals surface area contributed by atoms with Gasteiger partial charge in [-0.3, -0.25) is 4.79 Å². The maximum absolute atomic E-state index is 12.1. The van der Waals surface area contributed by atoms with Gasteiger partial charge in [0.15, 0.2) is 0 Å². The smallest absolute Gasteiger partial charge is 0.315 e. The van der Waals surface area contributed by atoms with Crippen molar-refractivity contribution in [3.8, 4) is 0 Å². The molecule has 0 aromatic rings. The van der Waals surface area contributed by atoms with Crippen LogP contribution in [0, 0.1) is 0 Å². The first-order valence-electron chi connectivity index (χ1n) is 11.2. The van der Waals surface area contributed by atoms with Crippen LogP contribution in [0.3, 0.4) is 0 Å². The molecule has 0 aromatic heterocycles. The number of unbranched alkanes of at least 4 members (excludes halogenated alkanes) is 10. The van der Waals surface area contributed by atoms with Crippen molar-refractivity contribution in [2.45, 2.75) is 89.7 Å². The van der Waals surface area contributed by atoms with E-state index in [4.69, 9.17) is 10.5 Å². The molecule has 0 bridgehead atoms. The Labute approximate surface area is 171 Å². The lowest BCUT2D eigenvalue weighted by molar-refractivity contribution is -0.129. The van der Waals surface area contributed by atoms with Crippen LogP contribution < -0.4 is 16.4 Å². The van der Waals surface area contributed by atoms with Gasteiger partial charge in [0.05, 0.1) is 18.7 Å². The van der Waals surface area contributed by atoms with E-state index in [0.29, 0.717) is 19.6 Å². The number of carbonyl (C=O) groups is 2. The van der Waals surface area contributed by atoms with Crippen molar-refractivity contribution in [2.75, 3.05) is 33.3 Å². The van der Waals surface area contributed by atoms with Gasteiger partial charge in [-0.1, -0.05) is 71.1 Å². The third kappa shape index (κ3) is 10.3. The number of ether oxygens (including phenoxy) is 1. The Morgan fingerprint density at radius 3 is 2.07 bits per heavy atom. The fourth-order valence-electron chi connectivity index (χ4n) is 3.69. The van der Waals surface area contributed by atoms with Crippen molar-refractivity contribution in [1.29, 1.82) is 0 Å². The molecule has 7 heteroatoms. The molecule has 0 radical (unpaired) electrons. The molecular weight excluding hydrogens is 356 g/mol. The zero-order chi connectivity index (χ0) is 20.6. The lowest BCUT2D eigenvalue weighted by Gasteiger charge is -2.18. The molecule has 1 saturated heterocycles. The Hall–Kier alpha value is -1.34. The normalized spacial score (nSPS) is 19.0. The summed E-state index contributed by atoms with van der Waals surface area (Å²) in [4.78, 5) is 25.4. The summed E-state index contributed by atoms with van der Waals surface area (Å²) in [6.45, 7) is 3.83. The predicted octanol–water partition coefficient (Wildman–Crippen LogP) is 2.78. The molecule has 1 aliphatic rings. The van der Waals surface area contributed by atoms with E-state index in [-0.39, 0.29) is 30.6 Å². The maximum Gasteiger partial charge on any atom is 0.315 e. The highest BCUT2D eigenvalue weighted by Crippen LogP contribution is 2.13. The molecule has 4 N–H and O–H groups in total. The molecule has 0 aliphatic carbocycles. The second-order valence-electron chi connectivity index (χ2n) is 7.82. The number of nitrogens with two attached hydrogens (primary N) is 1. The number of hydrogen-bond donors (Lipinski definition) is 3. The van der Waals surface area contributed by atoms with Gasteiger partial charge < -0.3 is 26.0 Å². The summed E-state index contributed by atoms with van der Waals surface area (Å²) in [6, 6.07) is -0.390. The highest BCUT2D eigenvalue weighted by molar-refractivity contribution is 5.79. The molecule has 1 heterocycles. The van der Waals surface area contributed by atoms with Crippen molar-refractivity contribution >= 4 is 11.9 Å². The lowest BCUT2D eigenvalue weighted by atomic mass is 10.1. The quantitative estimate of drug-likeness (QED) is 0.370. The van der Waals surface area contributed by atoms with Gasteiger partial charge in [-0.15, -0.1) is 0 Å². The van der Waals surface area contributed by atoms with Gasteiger partial charge in [0.25, 0.3) is 0 Å². The fourth-order valence-corrected chi connectivity index (χ4v) is 3.69. The summed E-state index contributed by atoms with van der Waals surface area (Å²) < 4.78 is 5.39. The second-order valence-corrected chi connectivity index (χ2v) is 7.82. The standard InChI is InChI=1S/C21H42N4O3/c1-3-4-5-6-7-8-9-10-11-12-13-14-23-21(27)24-18-16-25(20(26)15-22)17-19(18)28-2/h18-19H,3-17,22H2,1-2H3,(H2,23,24,27)/t18-,19-/m0/s1. The SMILES string of the molecule is CCCCCCCCCCCCCNC(=O)N[C@H]1CN(C(=O)CN)C[C@@H]1OC. The third-order valence-corrected chi connectivity index (χ3v) is 5.48. The topological polar surface area (TPSA) is 96.7 Å². The zero-order valence-corrected chi connectivity index (χ0v) is 18.0. The highest BCUT2D eigenvalue weighted by Gasteiger charge is 2.35. The number of nitrogens with zero attached hydrogens (tertiary/aromatic N) is 1. The molecule has 0 aromatic carbocycles. The Morgan fingerprint density at radius 1 is 0.964 bits per heavy atom. The van der Waals surface area contributed by atoms with Crippen molar-refractivity contribution in [2.24, 2.45) is 5.73 Å². The molecule has 1 fully saturated rings. The second kappa shape index (κ2) is 15.6. The molecular formula is C21H42N4O3. The summed E-state index contributed by atoms with van der Waals surface area (Å²) in [5.74, 6) is -0.118. The number of carbonyl (C=O) groups excluding carboxylic acids is 2. The zero-order valence-electron chi connectivity index (χ0n) is 18.0. The van der Waals surface area contributed by atoms with Gasteiger partial charge in [0.1, 0.15) is 0 Å². The summed E-state index contributed by atoms with van der Waals surface area (Å²) in [5, 5.41) is 5.83. The predicted molar refractivity (Wildman–Crippen MR) is 113 cm³/mol. The molecule has 1 aliphatic heterocycles. The van der Waals surface area contributed by atoms with E-state index in [1.807, 2.05) is 0 Å². The molecule has 7 nitrogen and oxygen atoms in total. The van der Waals surface area contributed by atoms with Crippen LogP contribution in [0.15, 0.2) is 0 Å². The van der Waals surface area contributed by atoms with E-state index >= 15 is 0 Å². The average Bonchev–Trinajstić information content (AvgIpc) is 3.10. The van der Waals surface area contributed by atoms with Crippen LogP contribution >= 0.6 is 0 Å². The number of methoxy groups -OCH3 is 1. The van der Waals surface area contributed by atoms with Crippen LogP contribution in [0.5, 0.6) is 0 Å². The molecule has 0 unspecified atom stereocenters. The van der Waals surface area contributed by atoms with E-state index in [1.165, 1.54) is 57.8 Å². The summed E-state index contributed by atoms with van der Waals surface area (Å²) in [6.07, 6.45) is 14.0. The average molecular weight is 399 g/mol. The Kier molecular flexibility index (Phi) is 13.7. The number of amides is 3. The maximum atomic E-state index is 12.1. The minimum absolute atomic E-state index is 0.0196. The van der Waals surface area contributed by atoms with Gasteiger partial charge in [0, 0.05) is 26.7 Å². The van der Waals surface area contributed by atoms with E-state index in [2.05, 4.69) is 17.6 Å². The third-order valence-electron chi connectivity index (χ3n) is 5.48. The Bertz CT molecular complexity index is 434. The summed E-state index contributed by atoms with van der Waals surface area (Å²) in [5.41, 5.74) is 5.41. The van der Waals surface area contributed by atoms with Crippen molar-refractivity contribution < 1.29 is 14.3 Å². The van der Waals surface area contributed by atoms with Gasteiger partial charge in [-0.05, 0) is 6.42 Å².